The zero-order valence-corrected chi connectivity index (χ0v) is 10.1. The standard InChI is InChI=1S/C5H10O3.C5H8O3/c1-7-4-3-5(6)8-2;1-3-8-5(7)4(2)6/h3-4H2,1-2H3;3H2,1-2H3. The first-order chi connectivity index (χ1) is 7.49. The van der Waals surface area contributed by atoms with Crippen LogP contribution in [-0.4, -0.2) is 45.2 Å². The topological polar surface area (TPSA) is 78.9 Å². The van der Waals surface area contributed by atoms with Crippen molar-refractivity contribution in [3.8, 4) is 0 Å². The fourth-order valence-corrected chi connectivity index (χ4v) is 0.520. The fraction of sp³-hybridized carbons (Fsp3) is 0.700. The van der Waals surface area contributed by atoms with E-state index in [1.54, 1.807) is 14.0 Å². The van der Waals surface area contributed by atoms with E-state index in [2.05, 4.69) is 14.2 Å². The zero-order chi connectivity index (χ0) is 13.0. The smallest absolute Gasteiger partial charge is 0.374 e. The van der Waals surface area contributed by atoms with Crippen LogP contribution in [0.25, 0.3) is 0 Å². The predicted molar refractivity (Wildman–Crippen MR) is 55.8 cm³/mol. The monoisotopic (exact) mass is 234 g/mol. The molecule has 0 fully saturated rings. The van der Waals surface area contributed by atoms with Crippen LogP contribution in [0.1, 0.15) is 20.3 Å². The van der Waals surface area contributed by atoms with E-state index in [4.69, 9.17) is 0 Å². The molecule has 6 heteroatoms. The quantitative estimate of drug-likeness (QED) is 0.504. The van der Waals surface area contributed by atoms with Gasteiger partial charge in [-0.1, -0.05) is 0 Å². The minimum absolute atomic E-state index is 0.230. The molecule has 0 aromatic heterocycles. The van der Waals surface area contributed by atoms with Crippen molar-refractivity contribution in [2.75, 3.05) is 27.4 Å². The molecular weight excluding hydrogens is 216 g/mol. The van der Waals surface area contributed by atoms with Crippen LogP contribution in [0.3, 0.4) is 0 Å². The summed E-state index contributed by atoms with van der Waals surface area (Å²) in [4.78, 5) is 30.5. The Morgan fingerprint density at radius 2 is 1.69 bits per heavy atom. The lowest BCUT2D eigenvalue weighted by Gasteiger charge is -1.94. The third kappa shape index (κ3) is 12.6. The molecule has 0 radical (unpaired) electrons. The molecule has 0 heterocycles. The minimum atomic E-state index is -0.757. The predicted octanol–water partition coefficient (Wildman–Crippen LogP) is 0.334. The average molecular weight is 234 g/mol. The van der Waals surface area contributed by atoms with Crippen molar-refractivity contribution in [3.05, 3.63) is 0 Å². The Balaban J connectivity index is 0. The number of esters is 2. The van der Waals surface area contributed by atoms with Gasteiger partial charge in [0.05, 0.1) is 26.7 Å². The number of carbonyl (C=O) groups excluding carboxylic acids is 3. The molecule has 16 heavy (non-hydrogen) atoms. The molecule has 94 valence electrons. The summed E-state index contributed by atoms with van der Waals surface area (Å²) in [5, 5.41) is 0. The second-order valence-electron chi connectivity index (χ2n) is 2.60. The van der Waals surface area contributed by atoms with Crippen molar-refractivity contribution in [3.63, 3.8) is 0 Å². The molecule has 0 spiro atoms. The Labute approximate surface area is 94.9 Å². The van der Waals surface area contributed by atoms with Crippen LogP contribution < -0.4 is 0 Å². The maximum Gasteiger partial charge on any atom is 0.374 e. The van der Waals surface area contributed by atoms with Crippen LogP contribution in [-0.2, 0) is 28.6 Å². The molecule has 6 nitrogen and oxygen atoms in total. The third-order valence-corrected chi connectivity index (χ3v) is 1.30. The Morgan fingerprint density at radius 1 is 1.12 bits per heavy atom. The molecule has 0 rings (SSSR count). The van der Waals surface area contributed by atoms with Crippen molar-refractivity contribution in [2.24, 2.45) is 0 Å². The lowest BCUT2D eigenvalue weighted by Crippen LogP contribution is -2.12. The molecule has 0 aliphatic rings. The molecular formula is C10H18O6. The number of hydrogen-bond donors (Lipinski definition) is 0. The maximum atomic E-state index is 10.3. The molecule has 0 bridgehead atoms. The second kappa shape index (κ2) is 11.6. The summed E-state index contributed by atoms with van der Waals surface area (Å²) >= 11 is 0. The number of Topliss-reactive ketones (excluding diaryl/α,β-unsaturated/α-hetero) is 1. The van der Waals surface area contributed by atoms with Gasteiger partial charge in [0.15, 0.2) is 0 Å². The number of ketones is 1. The van der Waals surface area contributed by atoms with Gasteiger partial charge < -0.3 is 14.2 Å². The summed E-state index contributed by atoms with van der Waals surface area (Å²) in [7, 11) is 2.90. The average Bonchev–Trinajstić information content (AvgIpc) is 2.27. The first-order valence-corrected chi connectivity index (χ1v) is 4.73. The first kappa shape index (κ1) is 17.0. The molecule has 0 saturated heterocycles. The second-order valence-corrected chi connectivity index (χ2v) is 2.60. The molecule has 0 amide bonds. The van der Waals surface area contributed by atoms with Crippen LogP contribution >= 0.6 is 0 Å². The van der Waals surface area contributed by atoms with E-state index in [9.17, 15) is 14.4 Å². The first-order valence-electron chi connectivity index (χ1n) is 4.73. The highest BCUT2D eigenvalue weighted by atomic mass is 16.5. The van der Waals surface area contributed by atoms with Gasteiger partial charge in [-0.05, 0) is 6.92 Å². The molecule has 0 aliphatic carbocycles. The normalized spacial score (nSPS) is 8.50. The van der Waals surface area contributed by atoms with Crippen molar-refractivity contribution in [2.45, 2.75) is 20.3 Å². The zero-order valence-electron chi connectivity index (χ0n) is 10.1. The van der Waals surface area contributed by atoms with E-state index in [1.165, 1.54) is 14.0 Å². The Kier molecular flexibility index (Phi) is 12.4. The SMILES string of the molecule is CCOC(=O)C(C)=O.COCCC(=O)OC. The van der Waals surface area contributed by atoms with Gasteiger partial charge in [0.25, 0.3) is 0 Å². The van der Waals surface area contributed by atoms with Crippen molar-refractivity contribution < 1.29 is 28.6 Å². The Morgan fingerprint density at radius 3 is 1.94 bits per heavy atom. The van der Waals surface area contributed by atoms with Crippen LogP contribution in [0.4, 0.5) is 0 Å². The van der Waals surface area contributed by atoms with Gasteiger partial charge in [0.1, 0.15) is 0 Å². The number of rotatable bonds is 5. The van der Waals surface area contributed by atoms with E-state index in [0.717, 1.165) is 0 Å². The highest BCUT2D eigenvalue weighted by Gasteiger charge is 2.05. The van der Waals surface area contributed by atoms with Gasteiger partial charge in [-0.2, -0.15) is 0 Å². The van der Waals surface area contributed by atoms with E-state index in [0.29, 0.717) is 13.0 Å². The van der Waals surface area contributed by atoms with Gasteiger partial charge in [0.2, 0.25) is 5.78 Å². The summed E-state index contributed by atoms with van der Waals surface area (Å²) in [6.07, 6.45) is 0.340. The molecule has 0 aliphatic heterocycles. The summed E-state index contributed by atoms with van der Waals surface area (Å²) in [5.74, 6) is -1.54. The van der Waals surface area contributed by atoms with Gasteiger partial charge >= 0.3 is 11.9 Å². The van der Waals surface area contributed by atoms with Crippen LogP contribution in [0.15, 0.2) is 0 Å². The molecule has 0 aromatic rings. The molecule has 0 unspecified atom stereocenters. The molecule has 0 saturated carbocycles. The van der Waals surface area contributed by atoms with Gasteiger partial charge in [-0.15, -0.1) is 0 Å². The molecule has 0 atom stereocenters. The van der Waals surface area contributed by atoms with Gasteiger partial charge in [-0.25, -0.2) is 4.79 Å². The molecule has 0 aromatic carbocycles. The van der Waals surface area contributed by atoms with Crippen molar-refractivity contribution in [1.82, 2.24) is 0 Å². The van der Waals surface area contributed by atoms with Gasteiger partial charge in [-0.3, -0.25) is 9.59 Å². The van der Waals surface area contributed by atoms with E-state index in [1.807, 2.05) is 0 Å². The van der Waals surface area contributed by atoms with Crippen LogP contribution in [0.5, 0.6) is 0 Å². The highest BCUT2D eigenvalue weighted by molar-refractivity contribution is 6.32. The lowest BCUT2D eigenvalue weighted by atomic mass is 10.5. The third-order valence-electron chi connectivity index (χ3n) is 1.30. The van der Waals surface area contributed by atoms with Crippen LogP contribution in [0, 0.1) is 0 Å². The largest absolute Gasteiger partial charge is 0.469 e. The fourth-order valence-electron chi connectivity index (χ4n) is 0.520. The van der Waals surface area contributed by atoms with Gasteiger partial charge in [0, 0.05) is 14.0 Å². The molecule has 0 N–H and O–H groups in total. The van der Waals surface area contributed by atoms with Crippen LogP contribution in [0.2, 0.25) is 0 Å². The van der Waals surface area contributed by atoms with E-state index >= 15 is 0 Å². The summed E-state index contributed by atoms with van der Waals surface area (Å²) in [6.45, 7) is 3.53. The highest BCUT2D eigenvalue weighted by Crippen LogP contribution is 1.82. The van der Waals surface area contributed by atoms with Crippen molar-refractivity contribution in [1.29, 1.82) is 0 Å². The van der Waals surface area contributed by atoms with E-state index < -0.39 is 11.8 Å². The Hall–Kier alpha value is -1.43. The minimum Gasteiger partial charge on any atom is -0.469 e. The maximum absolute atomic E-state index is 10.3. The Bertz CT molecular complexity index is 223. The van der Waals surface area contributed by atoms with Crippen molar-refractivity contribution >= 4 is 17.7 Å². The lowest BCUT2D eigenvalue weighted by molar-refractivity contribution is -0.152. The number of ether oxygens (including phenoxy) is 3. The summed E-state index contributed by atoms with van der Waals surface area (Å²) in [5.41, 5.74) is 0. The summed E-state index contributed by atoms with van der Waals surface area (Å²) in [6, 6.07) is 0. The number of hydrogen-bond acceptors (Lipinski definition) is 6. The number of carbonyl (C=O) groups is 3. The summed E-state index contributed by atoms with van der Waals surface area (Å²) < 4.78 is 13.3. The number of methoxy groups -OCH3 is 2. The van der Waals surface area contributed by atoms with E-state index in [-0.39, 0.29) is 12.6 Å².